The largest absolute Gasteiger partial charge is 0.493 e. The number of halogens is 1. The Bertz CT molecular complexity index is 866. The molecule has 0 unspecified atom stereocenters. The molecular weight excluding hydrogens is 330 g/mol. The van der Waals surface area contributed by atoms with Gasteiger partial charge in [-0.3, -0.25) is 4.79 Å². The predicted octanol–water partition coefficient (Wildman–Crippen LogP) is 3.87. The number of carbonyl (C=O) groups is 1. The summed E-state index contributed by atoms with van der Waals surface area (Å²) >= 11 is 5.82. The van der Waals surface area contributed by atoms with Crippen molar-refractivity contribution in [3.63, 3.8) is 0 Å². The summed E-state index contributed by atoms with van der Waals surface area (Å²) in [6, 6.07) is 11.7. The first-order valence-electron chi connectivity index (χ1n) is 7.02. The molecule has 0 saturated heterocycles. The van der Waals surface area contributed by atoms with E-state index in [9.17, 15) is 10.1 Å². The third-order valence-electron chi connectivity index (χ3n) is 3.46. The molecule has 1 heterocycles. The molecule has 24 heavy (non-hydrogen) atoms. The number of ether oxygens (including phenoxy) is 3. The Hall–Kier alpha value is -2.97. The Kier molecular flexibility index (Phi) is 4.41. The van der Waals surface area contributed by atoms with Crippen LogP contribution in [0, 0.1) is 11.3 Å². The molecule has 0 spiro atoms. The molecule has 0 aromatic heterocycles. The monoisotopic (exact) mass is 341 g/mol. The minimum absolute atomic E-state index is 0.00163. The molecule has 0 atom stereocenters. The topological polar surface area (TPSA) is 68.5 Å². The van der Waals surface area contributed by atoms with Crippen molar-refractivity contribution in [1.29, 1.82) is 5.26 Å². The van der Waals surface area contributed by atoms with Crippen molar-refractivity contribution >= 4 is 23.5 Å². The van der Waals surface area contributed by atoms with E-state index in [2.05, 4.69) is 0 Å². The van der Waals surface area contributed by atoms with E-state index in [-0.39, 0.29) is 18.1 Å². The van der Waals surface area contributed by atoms with Gasteiger partial charge in [-0.05, 0) is 48.0 Å². The molecular formula is C18H12ClNO4. The summed E-state index contributed by atoms with van der Waals surface area (Å²) < 4.78 is 15.9. The van der Waals surface area contributed by atoms with Crippen molar-refractivity contribution < 1.29 is 19.0 Å². The molecule has 0 aliphatic carbocycles. The molecule has 120 valence electrons. The third-order valence-corrected chi connectivity index (χ3v) is 3.72. The normalized spacial score (nSPS) is 12.6. The van der Waals surface area contributed by atoms with Gasteiger partial charge in [-0.25, -0.2) is 0 Å². The van der Waals surface area contributed by atoms with Crippen molar-refractivity contribution in [3.8, 4) is 23.3 Å². The molecule has 0 N–H and O–H groups in total. The number of carbonyl (C=O) groups excluding carboxylic acids is 1. The number of fused-ring (bicyclic) bond motifs is 1. The fourth-order valence-electron chi connectivity index (χ4n) is 2.31. The summed E-state index contributed by atoms with van der Waals surface area (Å²) in [4.78, 5) is 12.5. The second-order valence-electron chi connectivity index (χ2n) is 4.96. The van der Waals surface area contributed by atoms with Crippen LogP contribution in [0.1, 0.15) is 15.9 Å². The number of hydrogen-bond donors (Lipinski definition) is 0. The van der Waals surface area contributed by atoms with Gasteiger partial charge in [0, 0.05) is 10.6 Å². The molecule has 0 bridgehead atoms. The van der Waals surface area contributed by atoms with Crippen LogP contribution in [0.2, 0.25) is 5.02 Å². The number of benzene rings is 2. The van der Waals surface area contributed by atoms with E-state index in [1.807, 2.05) is 6.07 Å². The number of nitrogens with zero attached hydrogens (tertiary/aromatic N) is 1. The quantitative estimate of drug-likeness (QED) is 0.479. The number of methoxy groups -OCH3 is 1. The lowest BCUT2D eigenvalue weighted by molar-refractivity contribution is 0.104. The maximum absolute atomic E-state index is 12.5. The average molecular weight is 342 g/mol. The summed E-state index contributed by atoms with van der Waals surface area (Å²) in [5, 5.41) is 9.86. The lowest BCUT2D eigenvalue weighted by Crippen LogP contribution is -2.01. The van der Waals surface area contributed by atoms with Gasteiger partial charge in [0.1, 0.15) is 11.6 Å². The first-order valence-corrected chi connectivity index (χ1v) is 7.40. The molecule has 1 aliphatic heterocycles. The van der Waals surface area contributed by atoms with Crippen molar-refractivity contribution in [2.75, 3.05) is 13.9 Å². The fourth-order valence-corrected chi connectivity index (χ4v) is 2.43. The number of allylic oxidation sites excluding steroid dienone is 1. The molecule has 2 aromatic carbocycles. The SMILES string of the molecule is COc1cc(/C=C(\C#N)C(=O)c2ccc(Cl)cc2)cc2c1OCO2. The Balaban J connectivity index is 1.98. The summed E-state index contributed by atoms with van der Waals surface area (Å²) in [5.74, 6) is 1.12. The van der Waals surface area contributed by atoms with Crippen molar-refractivity contribution in [2.24, 2.45) is 0 Å². The van der Waals surface area contributed by atoms with E-state index in [0.29, 0.717) is 33.4 Å². The van der Waals surface area contributed by atoms with Crippen LogP contribution in [0.15, 0.2) is 42.0 Å². The highest BCUT2D eigenvalue weighted by molar-refractivity contribution is 6.30. The summed E-state index contributed by atoms with van der Waals surface area (Å²) in [6.45, 7) is 0.105. The Labute approximate surface area is 143 Å². The van der Waals surface area contributed by atoms with E-state index in [4.69, 9.17) is 25.8 Å². The maximum Gasteiger partial charge on any atom is 0.231 e. The van der Waals surface area contributed by atoms with Gasteiger partial charge in [0.2, 0.25) is 18.3 Å². The lowest BCUT2D eigenvalue weighted by atomic mass is 10.0. The van der Waals surface area contributed by atoms with Gasteiger partial charge in [0.15, 0.2) is 11.5 Å². The first-order chi connectivity index (χ1) is 11.6. The maximum atomic E-state index is 12.5. The van der Waals surface area contributed by atoms with Gasteiger partial charge in [-0.15, -0.1) is 0 Å². The van der Waals surface area contributed by atoms with Gasteiger partial charge >= 0.3 is 0 Å². The van der Waals surface area contributed by atoms with Crippen LogP contribution in [0.4, 0.5) is 0 Å². The molecule has 2 aromatic rings. The molecule has 1 aliphatic rings. The van der Waals surface area contributed by atoms with Crippen LogP contribution < -0.4 is 14.2 Å². The fraction of sp³-hybridized carbons (Fsp3) is 0.111. The number of nitriles is 1. The summed E-state index contributed by atoms with van der Waals surface area (Å²) in [5.41, 5.74) is 0.994. The zero-order valence-electron chi connectivity index (χ0n) is 12.7. The second-order valence-corrected chi connectivity index (χ2v) is 5.40. The smallest absolute Gasteiger partial charge is 0.231 e. The number of ketones is 1. The standard InChI is InChI=1S/C18H12ClNO4/c1-22-15-7-11(8-16-18(15)24-10-23-16)6-13(9-20)17(21)12-2-4-14(19)5-3-12/h2-8H,10H2,1H3/b13-6+. The van der Waals surface area contributed by atoms with Crippen LogP contribution in [0.3, 0.4) is 0 Å². The highest BCUT2D eigenvalue weighted by atomic mass is 35.5. The van der Waals surface area contributed by atoms with E-state index in [1.54, 1.807) is 36.4 Å². The third kappa shape index (κ3) is 3.05. The lowest BCUT2D eigenvalue weighted by Gasteiger charge is -2.06. The minimum atomic E-state index is -0.384. The van der Waals surface area contributed by atoms with E-state index >= 15 is 0 Å². The second kappa shape index (κ2) is 6.65. The van der Waals surface area contributed by atoms with Gasteiger partial charge in [-0.2, -0.15) is 5.26 Å². The summed E-state index contributed by atoms with van der Waals surface area (Å²) in [7, 11) is 1.51. The molecule has 0 saturated carbocycles. The average Bonchev–Trinajstić information content (AvgIpc) is 3.07. The number of rotatable bonds is 4. The van der Waals surface area contributed by atoms with Crippen molar-refractivity contribution in [3.05, 3.63) is 58.1 Å². The van der Waals surface area contributed by atoms with Gasteiger partial charge in [-0.1, -0.05) is 11.6 Å². The van der Waals surface area contributed by atoms with Gasteiger partial charge in [0.25, 0.3) is 0 Å². The van der Waals surface area contributed by atoms with Crippen molar-refractivity contribution in [1.82, 2.24) is 0 Å². The molecule has 0 fully saturated rings. The molecule has 0 amide bonds. The zero-order chi connectivity index (χ0) is 17.1. The van der Waals surface area contributed by atoms with Crippen molar-refractivity contribution in [2.45, 2.75) is 0 Å². The predicted molar refractivity (Wildman–Crippen MR) is 88.5 cm³/mol. The van der Waals surface area contributed by atoms with E-state index in [0.717, 1.165) is 0 Å². The molecule has 0 radical (unpaired) electrons. The van der Waals surface area contributed by atoms with E-state index in [1.165, 1.54) is 13.2 Å². The van der Waals surface area contributed by atoms with E-state index < -0.39 is 0 Å². The molecule has 3 rings (SSSR count). The van der Waals surface area contributed by atoms with Crippen LogP contribution in [0.5, 0.6) is 17.2 Å². The summed E-state index contributed by atoms with van der Waals surface area (Å²) in [6.07, 6.45) is 1.49. The first kappa shape index (κ1) is 15.9. The van der Waals surface area contributed by atoms with Crippen LogP contribution in [-0.4, -0.2) is 19.7 Å². The van der Waals surface area contributed by atoms with Crippen LogP contribution in [-0.2, 0) is 0 Å². The Morgan fingerprint density at radius 1 is 1.29 bits per heavy atom. The Morgan fingerprint density at radius 2 is 2.04 bits per heavy atom. The highest BCUT2D eigenvalue weighted by Gasteiger charge is 2.20. The van der Waals surface area contributed by atoms with Crippen LogP contribution >= 0.6 is 11.6 Å². The molecule has 6 heteroatoms. The zero-order valence-corrected chi connectivity index (χ0v) is 13.5. The van der Waals surface area contributed by atoms with Gasteiger partial charge < -0.3 is 14.2 Å². The number of hydrogen-bond acceptors (Lipinski definition) is 5. The van der Waals surface area contributed by atoms with Crippen LogP contribution in [0.25, 0.3) is 6.08 Å². The number of Topliss-reactive ketones (excluding diaryl/α,β-unsaturated/α-hetero) is 1. The highest BCUT2D eigenvalue weighted by Crippen LogP contribution is 2.42. The van der Waals surface area contributed by atoms with Gasteiger partial charge in [0.05, 0.1) is 7.11 Å². The molecule has 5 nitrogen and oxygen atoms in total. The Morgan fingerprint density at radius 3 is 2.71 bits per heavy atom. The minimum Gasteiger partial charge on any atom is -0.493 e.